The predicted octanol–water partition coefficient (Wildman–Crippen LogP) is 3.19. The zero-order valence-electron chi connectivity index (χ0n) is 7.33. The molecular weight excluding hydrogens is 199 g/mol. The third-order valence-electron chi connectivity index (χ3n) is 2.21. The Morgan fingerprint density at radius 3 is 2.69 bits per heavy atom. The third kappa shape index (κ3) is 1.93. The molecule has 0 aromatic heterocycles. The van der Waals surface area contributed by atoms with Crippen molar-refractivity contribution in [3.05, 3.63) is 58.1 Å². The van der Waals surface area contributed by atoms with Crippen molar-refractivity contribution in [2.24, 2.45) is 0 Å². The fourth-order valence-electron chi connectivity index (χ4n) is 1.54. The van der Waals surface area contributed by atoms with Gasteiger partial charge in [0, 0.05) is 0 Å². The molecule has 0 aliphatic heterocycles. The minimum absolute atomic E-state index is 1.03. The number of rotatable bonds is 1. The first-order valence-electron chi connectivity index (χ1n) is 4.46. The van der Waals surface area contributed by atoms with Gasteiger partial charge < -0.3 is 0 Å². The standard InChI is InChI=1S/C12H11.Mn/c1-2-4-8-11(7-3-1)12-9-5-6-10-12;/h1-5,7,9H,6,8H2;. The Balaban J connectivity index is 2.30. The summed E-state index contributed by atoms with van der Waals surface area (Å²) in [6.45, 7) is 0. The fraction of sp³-hybridized carbons (Fsp3) is 0.167. The van der Waals surface area contributed by atoms with Gasteiger partial charge in [-0.05, 0) is 0 Å². The molecule has 0 heterocycles. The van der Waals surface area contributed by atoms with Crippen LogP contribution < -0.4 is 0 Å². The Morgan fingerprint density at radius 2 is 1.92 bits per heavy atom. The van der Waals surface area contributed by atoms with E-state index in [1.54, 1.807) is 0 Å². The van der Waals surface area contributed by atoms with Crippen LogP contribution in [-0.4, -0.2) is 0 Å². The molecule has 2 rings (SSSR count). The van der Waals surface area contributed by atoms with Crippen LogP contribution in [0.4, 0.5) is 0 Å². The Kier molecular flexibility index (Phi) is 2.68. The van der Waals surface area contributed by atoms with E-state index in [0.29, 0.717) is 0 Å². The quantitative estimate of drug-likeness (QED) is 0.583. The molecule has 0 fully saturated rings. The maximum atomic E-state index is 3.59. The van der Waals surface area contributed by atoms with Crippen LogP contribution >= 0.6 is 0 Å². The normalized spacial score (nSPS) is 20.8. The van der Waals surface area contributed by atoms with Gasteiger partial charge in [0.15, 0.2) is 0 Å². The molecule has 0 nitrogen and oxygen atoms in total. The Hall–Kier alpha value is -0.781. The van der Waals surface area contributed by atoms with Crippen LogP contribution in [0.15, 0.2) is 58.1 Å². The third-order valence-corrected chi connectivity index (χ3v) is 2.77. The second-order valence-electron chi connectivity index (χ2n) is 3.13. The molecule has 0 spiro atoms. The number of allylic oxidation sites excluding steroid dienone is 10. The monoisotopic (exact) mass is 210 g/mol. The van der Waals surface area contributed by atoms with E-state index in [1.807, 2.05) is 0 Å². The summed E-state index contributed by atoms with van der Waals surface area (Å²) in [5.41, 5.74) is 2.75. The van der Waals surface area contributed by atoms with E-state index in [1.165, 1.54) is 15.6 Å². The first-order chi connectivity index (χ1) is 6.38. The van der Waals surface area contributed by atoms with Crippen molar-refractivity contribution >= 4 is 0 Å². The molecule has 0 saturated carbocycles. The Bertz CT molecular complexity index is 351. The molecule has 0 bridgehead atoms. The summed E-state index contributed by atoms with van der Waals surface area (Å²) in [5.74, 6) is 0. The van der Waals surface area contributed by atoms with Crippen LogP contribution in [0.25, 0.3) is 0 Å². The van der Waals surface area contributed by atoms with Crippen LogP contribution in [0, 0.1) is 0 Å². The van der Waals surface area contributed by atoms with Gasteiger partial charge in [-0.1, -0.05) is 0 Å². The van der Waals surface area contributed by atoms with E-state index in [2.05, 4.69) is 58.5 Å². The summed E-state index contributed by atoms with van der Waals surface area (Å²) in [5, 5.41) is 0. The zero-order valence-corrected chi connectivity index (χ0v) is 8.51. The molecule has 0 unspecified atom stereocenters. The Labute approximate surface area is 87.2 Å². The van der Waals surface area contributed by atoms with E-state index in [-0.39, 0.29) is 0 Å². The molecule has 0 aromatic rings. The molecule has 1 heteroatoms. The van der Waals surface area contributed by atoms with Crippen LogP contribution in [0.1, 0.15) is 12.8 Å². The second-order valence-corrected chi connectivity index (χ2v) is 3.85. The SMILES string of the molecule is [Mn][C]1=C(C2=CC=CC=CC2)C=CC1. The van der Waals surface area contributed by atoms with Crippen molar-refractivity contribution in [2.45, 2.75) is 12.8 Å². The molecule has 66 valence electrons. The summed E-state index contributed by atoms with van der Waals surface area (Å²) < 4.78 is 1.31. The second kappa shape index (κ2) is 3.95. The molecule has 2 aliphatic rings. The first kappa shape index (κ1) is 8.80. The summed E-state index contributed by atoms with van der Waals surface area (Å²) in [6.07, 6.45) is 17.1. The van der Waals surface area contributed by atoms with Crippen molar-refractivity contribution in [3.63, 3.8) is 0 Å². The molecule has 0 amide bonds. The van der Waals surface area contributed by atoms with Gasteiger partial charge in [-0.3, -0.25) is 0 Å². The molecule has 2 aliphatic carbocycles. The maximum absolute atomic E-state index is 3.59. The van der Waals surface area contributed by atoms with Crippen molar-refractivity contribution in [2.75, 3.05) is 0 Å². The van der Waals surface area contributed by atoms with Crippen LogP contribution in [0.5, 0.6) is 0 Å². The summed E-state index contributed by atoms with van der Waals surface area (Å²) >= 11 is 3.59. The molecule has 0 saturated heterocycles. The zero-order chi connectivity index (χ0) is 9.10. The average molecular weight is 210 g/mol. The van der Waals surface area contributed by atoms with Gasteiger partial charge in [0.1, 0.15) is 0 Å². The Morgan fingerprint density at radius 1 is 1.00 bits per heavy atom. The molecule has 0 N–H and O–H groups in total. The first-order valence-corrected chi connectivity index (χ1v) is 5.05. The van der Waals surface area contributed by atoms with Crippen molar-refractivity contribution < 1.29 is 16.0 Å². The van der Waals surface area contributed by atoms with Crippen molar-refractivity contribution in [1.82, 2.24) is 0 Å². The van der Waals surface area contributed by atoms with Gasteiger partial charge in [0.05, 0.1) is 0 Å². The number of hydrogen-bond acceptors (Lipinski definition) is 0. The van der Waals surface area contributed by atoms with E-state index < -0.39 is 0 Å². The van der Waals surface area contributed by atoms with E-state index in [0.717, 1.165) is 12.8 Å². The van der Waals surface area contributed by atoms with Gasteiger partial charge in [0.2, 0.25) is 0 Å². The predicted molar refractivity (Wildman–Crippen MR) is 51.8 cm³/mol. The van der Waals surface area contributed by atoms with Gasteiger partial charge in [-0.2, -0.15) is 0 Å². The van der Waals surface area contributed by atoms with E-state index >= 15 is 0 Å². The van der Waals surface area contributed by atoms with Gasteiger partial charge >= 0.3 is 87.0 Å². The van der Waals surface area contributed by atoms with Crippen molar-refractivity contribution in [1.29, 1.82) is 0 Å². The van der Waals surface area contributed by atoms with Gasteiger partial charge in [-0.25, -0.2) is 0 Å². The molecular formula is C12H11Mn. The van der Waals surface area contributed by atoms with Crippen molar-refractivity contribution in [3.8, 4) is 0 Å². The van der Waals surface area contributed by atoms with Crippen LogP contribution in [0.3, 0.4) is 0 Å². The van der Waals surface area contributed by atoms with E-state index in [4.69, 9.17) is 0 Å². The molecule has 13 heavy (non-hydrogen) atoms. The summed E-state index contributed by atoms with van der Waals surface area (Å²) in [7, 11) is 0. The fourth-order valence-corrected chi connectivity index (χ4v) is 1.97. The average Bonchev–Trinajstić information content (AvgIpc) is 2.43. The molecule has 0 radical (unpaired) electrons. The van der Waals surface area contributed by atoms with Gasteiger partial charge in [0.25, 0.3) is 0 Å². The van der Waals surface area contributed by atoms with Crippen LogP contribution in [-0.2, 0) is 16.0 Å². The molecule has 0 aromatic carbocycles. The number of hydrogen-bond donors (Lipinski definition) is 0. The summed E-state index contributed by atoms with van der Waals surface area (Å²) in [6, 6.07) is 0. The van der Waals surface area contributed by atoms with Crippen LogP contribution in [0.2, 0.25) is 0 Å². The minimum atomic E-state index is 1.03. The topological polar surface area (TPSA) is 0 Å². The van der Waals surface area contributed by atoms with Gasteiger partial charge in [-0.15, -0.1) is 0 Å². The molecule has 0 atom stereocenters. The summed E-state index contributed by atoms with van der Waals surface area (Å²) in [4.78, 5) is 0. The van der Waals surface area contributed by atoms with E-state index in [9.17, 15) is 0 Å².